The number of benzene rings is 2. The third kappa shape index (κ3) is 3.92. The predicted molar refractivity (Wildman–Crippen MR) is 112 cm³/mol. The molecule has 0 saturated heterocycles. The van der Waals surface area contributed by atoms with E-state index in [1.807, 2.05) is 49.5 Å². The van der Waals surface area contributed by atoms with Gasteiger partial charge in [-0.3, -0.25) is 0 Å². The standard InChI is InChI=1S/C21H20N2O3S2/c1-22-19-9-4-5-10-20(19)27-21(22)15-17-12-11-16-7-2-3-8-18(16)23(17)13-6-14-28(24,25)26/h2-5,7-12,15H,6,13-14H2,1H3. The maximum absolute atomic E-state index is 11.0. The van der Waals surface area contributed by atoms with E-state index in [2.05, 4.69) is 33.7 Å². The lowest BCUT2D eigenvalue weighted by Gasteiger charge is -2.13. The largest absolute Gasteiger partial charge is 0.748 e. The van der Waals surface area contributed by atoms with Gasteiger partial charge in [-0.05, 0) is 24.3 Å². The minimum Gasteiger partial charge on any atom is -0.748 e. The molecule has 0 atom stereocenters. The molecule has 2 aromatic carbocycles. The van der Waals surface area contributed by atoms with Gasteiger partial charge >= 0.3 is 0 Å². The number of hydrogen-bond acceptors (Lipinski definition) is 5. The first-order valence-electron chi connectivity index (χ1n) is 9.00. The van der Waals surface area contributed by atoms with Crippen LogP contribution in [-0.4, -0.2) is 25.8 Å². The van der Waals surface area contributed by atoms with E-state index in [9.17, 15) is 13.0 Å². The Hall–Kier alpha value is -2.35. The van der Waals surface area contributed by atoms with Crippen LogP contribution in [0, 0.1) is 0 Å². The first kappa shape index (κ1) is 19.0. The minimum atomic E-state index is -4.22. The quantitative estimate of drug-likeness (QED) is 0.473. The van der Waals surface area contributed by atoms with Crippen molar-refractivity contribution in [3.63, 3.8) is 0 Å². The van der Waals surface area contributed by atoms with E-state index in [0.29, 0.717) is 6.54 Å². The van der Waals surface area contributed by atoms with Crippen LogP contribution in [0.15, 0.2) is 70.6 Å². The zero-order valence-corrected chi connectivity index (χ0v) is 17.0. The molecule has 0 fully saturated rings. The van der Waals surface area contributed by atoms with Gasteiger partial charge < -0.3 is 9.45 Å². The Bertz CT molecular complexity index is 1170. The Morgan fingerprint density at radius 3 is 2.61 bits per heavy atom. The van der Waals surface area contributed by atoms with Gasteiger partial charge in [0.05, 0.1) is 20.8 Å². The number of thioether (sulfide) groups is 1. The van der Waals surface area contributed by atoms with Crippen molar-refractivity contribution in [3.05, 3.63) is 71.4 Å². The molecule has 0 radical (unpaired) electrons. The Balaban J connectivity index is 1.74. The van der Waals surface area contributed by atoms with Gasteiger partial charge in [0.15, 0.2) is 6.54 Å². The van der Waals surface area contributed by atoms with Crippen molar-refractivity contribution in [2.24, 2.45) is 0 Å². The summed E-state index contributed by atoms with van der Waals surface area (Å²) in [6.07, 6.45) is 2.40. The van der Waals surface area contributed by atoms with Crippen LogP contribution < -0.4 is 9.47 Å². The molecule has 7 heteroatoms. The molecule has 1 aliphatic rings. The maximum atomic E-state index is 11.0. The molecule has 1 aromatic heterocycles. The smallest absolute Gasteiger partial charge is 0.212 e. The number of aryl methyl sites for hydroxylation is 1. The number of anilines is 1. The summed E-state index contributed by atoms with van der Waals surface area (Å²) < 4.78 is 35.2. The van der Waals surface area contributed by atoms with Crippen molar-refractivity contribution in [1.29, 1.82) is 0 Å². The second kappa shape index (κ2) is 7.58. The number of para-hydroxylation sites is 2. The summed E-state index contributed by atoms with van der Waals surface area (Å²) in [6.45, 7) is 0.462. The molecular weight excluding hydrogens is 392 g/mol. The van der Waals surface area contributed by atoms with Crippen LogP contribution in [0.25, 0.3) is 17.0 Å². The van der Waals surface area contributed by atoms with Crippen molar-refractivity contribution in [3.8, 4) is 0 Å². The summed E-state index contributed by atoms with van der Waals surface area (Å²) in [7, 11) is -2.18. The van der Waals surface area contributed by atoms with E-state index < -0.39 is 10.1 Å². The van der Waals surface area contributed by atoms with Crippen LogP contribution in [0.2, 0.25) is 0 Å². The highest BCUT2D eigenvalue weighted by molar-refractivity contribution is 8.03. The van der Waals surface area contributed by atoms with Crippen molar-refractivity contribution in [2.75, 3.05) is 17.7 Å². The SMILES string of the molecule is CN1/C(=C/c2ccc3ccccc3[n+]2CCCS(=O)(=O)[O-])Sc2ccccc21. The molecule has 0 aliphatic carbocycles. The van der Waals surface area contributed by atoms with Gasteiger partial charge in [0.2, 0.25) is 11.2 Å². The monoisotopic (exact) mass is 412 g/mol. The first-order valence-corrected chi connectivity index (χ1v) is 11.4. The van der Waals surface area contributed by atoms with Crippen LogP contribution >= 0.6 is 11.8 Å². The highest BCUT2D eigenvalue weighted by Gasteiger charge is 2.23. The predicted octanol–water partition coefficient (Wildman–Crippen LogP) is 3.60. The molecule has 0 unspecified atom stereocenters. The highest BCUT2D eigenvalue weighted by Crippen LogP contribution is 2.45. The van der Waals surface area contributed by atoms with Gasteiger partial charge in [0, 0.05) is 47.7 Å². The van der Waals surface area contributed by atoms with Crippen molar-refractivity contribution in [2.45, 2.75) is 17.9 Å². The average molecular weight is 413 g/mol. The fraction of sp³-hybridized carbons (Fsp3) is 0.190. The molecule has 28 heavy (non-hydrogen) atoms. The second-order valence-corrected chi connectivity index (χ2v) is 9.28. The molecule has 3 aromatic rings. The minimum absolute atomic E-state index is 0.282. The first-order chi connectivity index (χ1) is 13.4. The summed E-state index contributed by atoms with van der Waals surface area (Å²) >= 11 is 1.71. The third-order valence-electron chi connectivity index (χ3n) is 4.79. The molecule has 1 aliphatic heterocycles. The van der Waals surface area contributed by atoms with Crippen LogP contribution in [0.3, 0.4) is 0 Å². The van der Waals surface area contributed by atoms with Gasteiger partial charge in [-0.15, -0.1) is 0 Å². The Kier molecular flexibility index (Phi) is 5.14. The molecular formula is C21H20N2O3S2. The molecule has 0 N–H and O–H groups in total. The summed E-state index contributed by atoms with van der Waals surface area (Å²) in [5.41, 5.74) is 3.16. The summed E-state index contributed by atoms with van der Waals surface area (Å²) in [6, 6.07) is 20.3. The second-order valence-electron chi connectivity index (χ2n) is 6.70. The van der Waals surface area contributed by atoms with Crippen molar-refractivity contribution in [1.82, 2.24) is 0 Å². The van der Waals surface area contributed by atoms with E-state index in [1.54, 1.807) is 11.8 Å². The topological polar surface area (TPSA) is 64.3 Å². The van der Waals surface area contributed by atoms with Gasteiger partial charge in [-0.1, -0.05) is 36.0 Å². The number of rotatable bonds is 5. The van der Waals surface area contributed by atoms with Crippen LogP contribution in [0.5, 0.6) is 0 Å². The lowest BCUT2D eigenvalue weighted by molar-refractivity contribution is -0.673. The zero-order chi connectivity index (χ0) is 19.7. The lowest BCUT2D eigenvalue weighted by Crippen LogP contribution is -2.39. The molecule has 144 valence electrons. The van der Waals surface area contributed by atoms with Crippen molar-refractivity contribution >= 4 is 44.5 Å². The van der Waals surface area contributed by atoms with Gasteiger partial charge in [0.1, 0.15) is 0 Å². The number of aromatic nitrogens is 1. The maximum Gasteiger partial charge on any atom is 0.212 e. The lowest BCUT2D eigenvalue weighted by atomic mass is 10.1. The Morgan fingerprint density at radius 2 is 1.82 bits per heavy atom. The molecule has 2 heterocycles. The van der Waals surface area contributed by atoms with E-state index in [-0.39, 0.29) is 12.2 Å². The molecule has 0 spiro atoms. The van der Waals surface area contributed by atoms with Crippen LogP contribution in [-0.2, 0) is 16.7 Å². The fourth-order valence-electron chi connectivity index (χ4n) is 3.43. The summed E-state index contributed by atoms with van der Waals surface area (Å²) in [5.74, 6) is -0.362. The summed E-state index contributed by atoms with van der Waals surface area (Å²) in [5, 5.41) is 2.17. The number of nitrogens with zero attached hydrogens (tertiary/aromatic N) is 2. The van der Waals surface area contributed by atoms with Crippen LogP contribution in [0.4, 0.5) is 5.69 Å². The molecule has 0 amide bonds. The molecule has 4 rings (SSSR count). The Morgan fingerprint density at radius 1 is 1.07 bits per heavy atom. The van der Waals surface area contributed by atoms with Crippen LogP contribution in [0.1, 0.15) is 12.1 Å². The molecule has 0 bridgehead atoms. The molecule has 0 saturated carbocycles. The van der Waals surface area contributed by atoms with E-state index in [1.165, 1.54) is 10.6 Å². The van der Waals surface area contributed by atoms with Gasteiger partial charge in [-0.25, -0.2) is 8.42 Å². The average Bonchev–Trinajstić information content (AvgIpc) is 2.98. The highest BCUT2D eigenvalue weighted by atomic mass is 32.2. The Labute approximate surface area is 169 Å². The van der Waals surface area contributed by atoms with Crippen molar-refractivity contribution < 1.29 is 17.5 Å². The number of fused-ring (bicyclic) bond motifs is 2. The van der Waals surface area contributed by atoms with E-state index >= 15 is 0 Å². The zero-order valence-electron chi connectivity index (χ0n) is 15.4. The third-order valence-corrected chi connectivity index (χ3v) is 6.75. The van der Waals surface area contributed by atoms with E-state index in [0.717, 1.165) is 21.6 Å². The number of hydrogen-bond donors (Lipinski definition) is 0. The van der Waals surface area contributed by atoms with E-state index in [4.69, 9.17) is 0 Å². The fourth-order valence-corrected chi connectivity index (χ4v) is 5.01. The normalized spacial score (nSPS) is 15.4. The van der Waals surface area contributed by atoms with Gasteiger partial charge in [-0.2, -0.15) is 4.57 Å². The number of pyridine rings is 1. The van der Waals surface area contributed by atoms with Gasteiger partial charge in [0.25, 0.3) is 0 Å². The molecule has 5 nitrogen and oxygen atoms in total. The summed E-state index contributed by atoms with van der Waals surface area (Å²) in [4.78, 5) is 3.36.